The minimum Gasteiger partial charge on any atom is -0.277 e. The molecule has 0 radical (unpaired) electrons. The van der Waals surface area contributed by atoms with E-state index in [4.69, 9.17) is 0 Å². The highest BCUT2D eigenvalue weighted by molar-refractivity contribution is 6.21. The van der Waals surface area contributed by atoms with Gasteiger partial charge in [0.25, 0.3) is 23.6 Å². The number of benzene rings is 2. The van der Waals surface area contributed by atoms with Gasteiger partial charge in [0, 0.05) is 14.1 Å². The van der Waals surface area contributed by atoms with Crippen molar-refractivity contribution in [1.82, 2.24) is 9.80 Å². The molecule has 0 unspecified atom stereocenters. The van der Waals surface area contributed by atoms with Gasteiger partial charge in [-0.05, 0) is 24.3 Å². The van der Waals surface area contributed by atoms with Gasteiger partial charge in [0.15, 0.2) is 0 Å². The van der Waals surface area contributed by atoms with Crippen molar-refractivity contribution < 1.29 is 19.2 Å². The van der Waals surface area contributed by atoms with E-state index in [1.807, 2.05) is 0 Å². The first-order chi connectivity index (χ1) is 11.4. The minimum atomic E-state index is -0.212. The molecule has 2 aromatic carbocycles. The molecule has 0 spiro atoms. The van der Waals surface area contributed by atoms with Gasteiger partial charge >= 0.3 is 0 Å². The first-order valence-electron chi connectivity index (χ1n) is 7.26. The molecule has 0 atom stereocenters. The molecular formula is C18H14N2O4. The maximum absolute atomic E-state index is 11.3. The van der Waals surface area contributed by atoms with Crippen molar-refractivity contribution in [2.75, 3.05) is 14.1 Å². The Bertz CT molecular complexity index is 745. The molecule has 2 aliphatic heterocycles. The van der Waals surface area contributed by atoms with Crippen LogP contribution in [-0.2, 0) is 0 Å². The summed E-state index contributed by atoms with van der Waals surface area (Å²) in [6, 6.07) is 13.7. The van der Waals surface area contributed by atoms with E-state index >= 15 is 0 Å². The van der Waals surface area contributed by atoms with Crippen LogP contribution in [0.5, 0.6) is 0 Å². The Balaban J connectivity index is 0.000000141. The van der Waals surface area contributed by atoms with Crippen LogP contribution >= 0.6 is 0 Å². The third kappa shape index (κ3) is 2.28. The standard InChI is InChI=1S/2C9H7NO2/c2*1-10-8(11)6-4-2-3-5-7(6)9(10)12/h2*2-5H,1H3. The lowest BCUT2D eigenvalue weighted by Gasteiger charge is -2.02. The van der Waals surface area contributed by atoms with Crippen LogP contribution < -0.4 is 0 Å². The fraction of sp³-hybridized carbons (Fsp3) is 0.111. The first-order valence-corrected chi connectivity index (χ1v) is 7.26. The van der Waals surface area contributed by atoms with Gasteiger partial charge in [0.05, 0.1) is 22.3 Å². The third-order valence-corrected chi connectivity index (χ3v) is 3.99. The highest BCUT2D eigenvalue weighted by Gasteiger charge is 2.32. The van der Waals surface area contributed by atoms with Gasteiger partial charge in [-0.1, -0.05) is 24.3 Å². The van der Waals surface area contributed by atoms with Crippen LogP contribution in [0.1, 0.15) is 41.4 Å². The number of carbonyl (C=O) groups excluding carboxylic acids is 4. The Morgan fingerprint density at radius 2 is 0.708 bits per heavy atom. The van der Waals surface area contributed by atoms with E-state index in [1.165, 1.54) is 14.1 Å². The van der Waals surface area contributed by atoms with E-state index in [2.05, 4.69) is 0 Å². The molecular weight excluding hydrogens is 308 g/mol. The largest absolute Gasteiger partial charge is 0.277 e. The summed E-state index contributed by atoms with van der Waals surface area (Å²) in [6.45, 7) is 0. The number of rotatable bonds is 0. The van der Waals surface area contributed by atoms with Crippen LogP contribution in [0.3, 0.4) is 0 Å². The minimum absolute atomic E-state index is 0.212. The summed E-state index contributed by atoms with van der Waals surface area (Å²) in [7, 11) is 2.98. The Labute approximate surface area is 138 Å². The molecule has 0 aliphatic carbocycles. The second kappa shape index (κ2) is 5.73. The van der Waals surface area contributed by atoms with Gasteiger partial charge < -0.3 is 0 Å². The van der Waals surface area contributed by atoms with Crippen molar-refractivity contribution >= 4 is 23.6 Å². The summed E-state index contributed by atoms with van der Waals surface area (Å²) >= 11 is 0. The van der Waals surface area contributed by atoms with Gasteiger partial charge in [-0.2, -0.15) is 0 Å². The number of fused-ring (bicyclic) bond motifs is 2. The smallest absolute Gasteiger partial charge is 0.261 e. The fourth-order valence-electron chi connectivity index (χ4n) is 2.62. The average Bonchev–Trinajstić information content (AvgIpc) is 2.98. The molecule has 6 nitrogen and oxygen atoms in total. The zero-order valence-electron chi connectivity index (χ0n) is 13.1. The van der Waals surface area contributed by atoms with Gasteiger partial charge in [0.1, 0.15) is 0 Å². The molecule has 0 N–H and O–H groups in total. The van der Waals surface area contributed by atoms with Crippen LogP contribution in [0.25, 0.3) is 0 Å². The van der Waals surface area contributed by atoms with Gasteiger partial charge in [-0.15, -0.1) is 0 Å². The van der Waals surface area contributed by atoms with E-state index in [0.29, 0.717) is 22.3 Å². The molecule has 0 fully saturated rings. The van der Waals surface area contributed by atoms with Crippen LogP contribution in [0.2, 0.25) is 0 Å². The van der Waals surface area contributed by atoms with Crippen molar-refractivity contribution in [1.29, 1.82) is 0 Å². The summed E-state index contributed by atoms with van der Waals surface area (Å²) in [5.41, 5.74) is 2.02. The third-order valence-electron chi connectivity index (χ3n) is 3.99. The molecule has 2 aliphatic rings. The van der Waals surface area contributed by atoms with Crippen LogP contribution in [0, 0.1) is 0 Å². The van der Waals surface area contributed by atoms with Crippen molar-refractivity contribution in [2.45, 2.75) is 0 Å². The topological polar surface area (TPSA) is 74.8 Å². The zero-order chi connectivity index (χ0) is 17.4. The van der Waals surface area contributed by atoms with Crippen molar-refractivity contribution in [3.8, 4) is 0 Å². The summed E-state index contributed by atoms with van der Waals surface area (Å²) in [4.78, 5) is 47.5. The lowest BCUT2D eigenvalue weighted by molar-refractivity contribution is 0.0678. The normalized spacial score (nSPS) is 15.2. The number of hydrogen-bond donors (Lipinski definition) is 0. The highest BCUT2D eigenvalue weighted by Crippen LogP contribution is 2.21. The van der Waals surface area contributed by atoms with Crippen molar-refractivity contribution in [3.63, 3.8) is 0 Å². The molecule has 6 heteroatoms. The molecule has 0 bridgehead atoms. The number of amides is 4. The van der Waals surface area contributed by atoms with E-state index in [9.17, 15) is 19.2 Å². The van der Waals surface area contributed by atoms with Crippen LogP contribution in [0.4, 0.5) is 0 Å². The van der Waals surface area contributed by atoms with Crippen molar-refractivity contribution in [2.24, 2.45) is 0 Å². The molecule has 4 rings (SSSR count). The molecule has 24 heavy (non-hydrogen) atoms. The quantitative estimate of drug-likeness (QED) is 0.694. The van der Waals surface area contributed by atoms with Gasteiger partial charge in [-0.25, -0.2) is 0 Å². The monoisotopic (exact) mass is 322 g/mol. The molecule has 0 saturated carbocycles. The Morgan fingerprint density at radius 3 is 0.917 bits per heavy atom. The maximum Gasteiger partial charge on any atom is 0.261 e. The zero-order valence-corrected chi connectivity index (χ0v) is 13.1. The Morgan fingerprint density at radius 1 is 0.500 bits per heavy atom. The summed E-state index contributed by atoms with van der Waals surface area (Å²) in [5, 5.41) is 0. The molecule has 2 heterocycles. The molecule has 2 aromatic rings. The van der Waals surface area contributed by atoms with E-state index in [-0.39, 0.29) is 23.6 Å². The van der Waals surface area contributed by atoms with Crippen LogP contribution in [0.15, 0.2) is 48.5 Å². The molecule has 4 amide bonds. The predicted octanol–water partition coefficient (Wildman–Crippen LogP) is 1.82. The van der Waals surface area contributed by atoms with Gasteiger partial charge in [0.2, 0.25) is 0 Å². The number of hydrogen-bond acceptors (Lipinski definition) is 4. The average molecular weight is 322 g/mol. The van der Waals surface area contributed by atoms with E-state index in [0.717, 1.165) is 9.80 Å². The van der Waals surface area contributed by atoms with E-state index < -0.39 is 0 Å². The van der Waals surface area contributed by atoms with Crippen molar-refractivity contribution in [3.05, 3.63) is 70.8 Å². The summed E-state index contributed by atoms with van der Waals surface area (Å²) < 4.78 is 0. The second-order valence-electron chi connectivity index (χ2n) is 5.43. The van der Waals surface area contributed by atoms with Crippen LogP contribution in [-0.4, -0.2) is 47.5 Å². The Hall–Kier alpha value is -3.28. The summed E-state index contributed by atoms with van der Waals surface area (Å²) in [6.07, 6.45) is 0. The highest BCUT2D eigenvalue weighted by atomic mass is 16.2. The first kappa shape index (κ1) is 15.6. The number of nitrogens with zero attached hydrogens (tertiary/aromatic N) is 2. The second-order valence-corrected chi connectivity index (χ2v) is 5.43. The summed E-state index contributed by atoms with van der Waals surface area (Å²) in [5.74, 6) is -0.850. The molecule has 0 saturated heterocycles. The lowest BCUT2D eigenvalue weighted by atomic mass is 10.1. The number of imide groups is 2. The van der Waals surface area contributed by atoms with Gasteiger partial charge in [-0.3, -0.25) is 29.0 Å². The SMILES string of the molecule is CN1C(=O)c2ccccc2C1=O.CN1C(=O)c2ccccc2C1=O. The number of carbonyl (C=O) groups is 4. The Kier molecular flexibility index (Phi) is 3.73. The lowest BCUT2D eigenvalue weighted by Crippen LogP contribution is -2.24. The maximum atomic E-state index is 11.3. The van der Waals surface area contributed by atoms with E-state index in [1.54, 1.807) is 48.5 Å². The molecule has 120 valence electrons. The fourth-order valence-corrected chi connectivity index (χ4v) is 2.62. The molecule has 0 aromatic heterocycles. The predicted molar refractivity (Wildman–Crippen MR) is 85.7 cm³/mol.